The molecule has 0 saturated carbocycles. The van der Waals surface area contributed by atoms with E-state index >= 15 is 0 Å². The predicted molar refractivity (Wildman–Crippen MR) is 341 cm³/mol. The van der Waals surface area contributed by atoms with Crippen LogP contribution in [0.15, 0.2) is 109 Å². The molecule has 0 unspecified atom stereocenters. The minimum atomic E-state index is -3.00. The topological polar surface area (TPSA) is 516 Å². The smallest absolute Gasteiger partial charge is 0.338 e. The summed E-state index contributed by atoms with van der Waals surface area (Å²) in [4.78, 5) is 68.8. The molecular weight excluding hydrogens is 1380 g/mol. The zero-order chi connectivity index (χ0) is 74.6. The number of rotatable bonds is 27. The Morgan fingerprint density at radius 2 is 1.02 bits per heavy atom. The lowest BCUT2D eigenvalue weighted by atomic mass is 9.95. The van der Waals surface area contributed by atoms with E-state index in [1.54, 1.807) is 6.07 Å². The molecule has 5 heterocycles. The fourth-order valence-corrected chi connectivity index (χ4v) is 11.4. The van der Waals surface area contributed by atoms with E-state index in [2.05, 4.69) is 0 Å². The normalized spacial score (nSPS) is 33.8. The Morgan fingerprint density at radius 1 is 0.485 bits per heavy atom. The molecule has 0 amide bonds. The van der Waals surface area contributed by atoms with E-state index in [-0.39, 0.29) is 39.9 Å². The van der Waals surface area contributed by atoms with E-state index in [1.807, 2.05) is 0 Å². The predicted octanol–water partition coefficient (Wildman–Crippen LogP) is -2.88. The molecule has 562 valence electrons. The van der Waals surface area contributed by atoms with Gasteiger partial charge in [-0.1, -0.05) is 42.5 Å². The van der Waals surface area contributed by atoms with Gasteiger partial charge in [0.1, 0.15) is 123 Å². The average molecular weight is 1460 g/mol. The highest BCUT2D eigenvalue weighted by molar-refractivity contribution is 5.90. The van der Waals surface area contributed by atoms with Crippen molar-refractivity contribution in [2.75, 3.05) is 47.3 Å². The number of hydrogen-bond acceptors (Lipinski definition) is 35. The number of methoxy groups -OCH3 is 2. The molecule has 9 rings (SSSR count). The third-order valence-corrected chi connectivity index (χ3v) is 17.0. The van der Waals surface area contributed by atoms with Crippen molar-refractivity contribution in [3.05, 3.63) is 131 Å². The van der Waals surface area contributed by atoms with Crippen LogP contribution >= 0.6 is 0 Å². The van der Waals surface area contributed by atoms with Gasteiger partial charge in [0.2, 0.25) is 12.1 Å². The Kier molecular flexibility index (Phi) is 27.1. The van der Waals surface area contributed by atoms with Gasteiger partial charge in [-0.3, -0.25) is 4.79 Å². The first kappa shape index (κ1) is 78.8. The number of benzene rings is 4. The van der Waals surface area contributed by atoms with Crippen LogP contribution in [0.5, 0.6) is 28.7 Å². The summed E-state index contributed by atoms with van der Waals surface area (Å²) < 4.78 is 94.8. The minimum absolute atomic E-state index is 0.0355. The van der Waals surface area contributed by atoms with Crippen LogP contribution in [0.4, 0.5) is 0 Å². The molecule has 24 atom stereocenters. The van der Waals surface area contributed by atoms with Crippen LogP contribution in [0.25, 0.3) is 18.2 Å². The summed E-state index contributed by atoms with van der Waals surface area (Å²) in [7, 11) is 2.53. The zero-order valence-electron chi connectivity index (χ0n) is 55.3. The molecule has 4 aromatic carbocycles. The molecule has 103 heavy (non-hydrogen) atoms. The van der Waals surface area contributed by atoms with Crippen LogP contribution in [-0.4, -0.2) is 296 Å². The molecule has 5 aliphatic rings. The molecule has 35 heteroatoms. The lowest BCUT2D eigenvalue weighted by Crippen LogP contribution is -2.69. The van der Waals surface area contributed by atoms with Crippen molar-refractivity contribution < 1.29 is 171 Å². The van der Waals surface area contributed by atoms with Crippen LogP contribution in [0.1, 0.15) is 40.9 Å². The summed E-state index contributed by atoms with van der Waals surface area (Å²) in [5.41, 5.74) is 0.715. The minimum Gasteiger partial charge on any atom is -0.508 e. The number of phenols is 2. The summed E-state index contributed by atoms with van der Waals surface area (Å²) in [5.74, 6) is -9.22. The van der Waals surface area contributed by atoms with Gasteiger partial charge in [-0.15, -0.1) is 0 Å². The largest absolute Gasteiger partial charge is 0.508 e. The number of carbonyl (C=O) groups excluding carboxylic acids is 5. The summed E-state index contributed by atoms with van der Waals surface area (Å²) >= 11 is 0. The molecule has 4 aromatic rings. The van der Waals surface area contributed by atoms with Gasteiger partial charge >= 0.3 is 29.8 Å². The molecule has 35 nitrogen and oxygen atoms in total. The first-order valence-corrected chi connectivity index (χ1v) is 32.0. The van der Waals surface area contributed by atoms with E-state index in [1.165, 1.54) is 118 Å². The van der Waals surface area contributed by atoms with Crippen molar-refractivity contribution in [1.29, 1.82) is 0 Å². The Morgan fingerprint density at radius 3 is 1.65 bits per heavy atom. The zero-order valence-corrected chi connectivity index (χ0v) is 55.3. The Hall–Kier alpha value is -8.35. The summed E-state index contributed by atoms with van der Waals surface area (Å²) in [6.07, 6.45) is -40.7. The Balaban J connectivity index is 1.14. The molecule has 0 radical (unpaired) electrons. The quantitative estimate of drug-likeness (QED) is 0.0162. The molecule has 0 aromatic heterocycles. The highest BCUT2D eigenvalue weighted by Gasteiger charge is 2.64. The lowest BCUT2D eigenvalue weighted by molar-refractivity contribution is -0.421. The highest BCUT2D eigenvalue weighted by atomic mass is 16.8. The van der Waals surface area contributed by atoms with Crippen molar-refractivity contribution in [2.45, 2.75) is 161 Å². The highest BCUT2D eigenvalue weighted by Crippen LogP contribution is 2.43. The molecule has 5 fully saturated rings. The molecular formula is C68H80O35. The molecule has 5 saturated heterocycles. The van der Waals surface area contributed by atoms with Crippen molar-refractivity contribution in [3.63, 3.8) is 0 Å². The lowest BCUT2D eigenvalue weighted by Gasteiger charge is -2.50. The second-order valence-electron chi connectivity index (χ2n) is 24.1. The van der Waals surface area contributed by atoms with Gasteiger partial charge in [0.05, 0.1) is 39.1 Å². The van der Waals surface area contributed by atoms with Crippen LogP contribution in [-0.2, 0) is 80.8 Å². The molecule has 0 spiro atoms. The van der Waals surface area contributed by atoms with Crippen LogP contribution in [0, 0.1) is 0 Å². The van der Waals surface area contributed by atoms with E-state index in [0.29, 0.717) is 11.1 Å². The van der Waals surface area contributed by atoms with Crippen LogP contribution in [0.3, 0.4) is 0 Å². The Labute approximate surface area is 585 Å². The summed E-state index contributed by atoms with van der Waals surface area (Å²) in [6, 6.07) is 20.7. The number of hydrogen-bond donors (Lipinski definition) is 14. The monoisotopic (exact) mass is 1460 g/mol. The summed E-state index contributed by atoms with van der Waals surface area (Å²) in [6.45, 7) is -3.04. The van der Waals surface area contributed by atoms with Gasteiger partial charge in [-0.05, 0) is 90.4 Å². The molecule has 14 N–H and O–H groups in total. The summed E-state index contributed by atoms with van der Waals surface area (Å²) in [5, 5.41) is 153. The van der Waals surface area contributed by atoms with Crippen molar-refractivity contribution in [3.8, 4) is 28.7 Å². The standard InChI is InChI=1S/C68H80O35/c1-31-49(77)53(81)56(84)64(93-31)94-39-20-13-35(25-41(39)89-4)16-23-48(76)98-59-45(29-90-32(2)71)97-67(103-68(30-92-47(75)21-14-33-10-17-37(72)18-11-33)62(52(80)43(27-70)102-68)101-63(87)36-8-6-5-7-9-36)61(100-65-57(85)54(82)50(78)42(26-69)95-65)60(59)99-66-58(86)55(83)51(79)44(96-66)28-91-46(74)22-15-34-12-19-38(73)40(24-34)88-3/h5-25,31,42-45,49-62,64-67,69-70,72-73,77-86H,26-30H2,1-4H3/b21-14+,22-15+,23-16+/t31-,42+,43+,44+,45+,49-,50+,51+,52+,53+,54-,55-,56+,57+,58+,59+,60-,61+,62-,64-,65-,66-,67+,68-/m0/s1. The van der Waals surface area contributed by atoms with Crippen molar-refractivity contribution in [2.24, 2.45) is 0 Å². The maximum Gasteiger partial charge on any atom is 0.338 e. The second kappa shape index (κ2) is 35.4. The number of aliphatic hydroxyl groups is 12. The third-order valence-electron chi connectivity index (χ3n) is 17.0. The number of ether oxygens (including phenoxy) is 16. The van der Waals surface area contributed by atoms with Gasteiger partial charge in [-0.2, -0.15) is 0 Å². The van der Waals surface area contributed by atoms with Crippen molar-refractivity contribution >= 4 is 48.1 Å². The van der Waals surface area contributed by atoms with Gasteiger partial charge < -0.3 is 147 Å². The third kappa shape index (κ3) is 19.2. The molecule has 0 bridgehead atoms. The van der Waals surface area contributed by atoms with E-state index < -0.39 is 210 Å². The number of phenolic OH excluding ortho intramolecular Hbond substituents is 2. The average Bonchev–Trinajstić information content (AvgIpc) is 1.64. The van der Waals surface area contributed by atoms with Gasteiger partial charge in [0.15, 0.2) is 54.1 Å². The number of aliphatic hydroxyl groups excluding tert-OH is 12. The molecule has 5 aliphatic heterocycles. The van der Waals surface area contributed by atoms with E-state index in [9.17, 15) is 95.5 Å². The van der Waals surface area contributed by atoms with Gasteiger partial charge in [0, 0.05) is 25.2 Å². The molecule has 0 aliphatic carbocycles. The number of carbonyl (C=O) groups is 5. The van der Waals surface area contributed by atoms with Crippen molar-refractivity contribution in [1.82, 2.24) is 0 Å². The Bertz CT molecular complexity index is 3590. The number of esters is 5. The SMILES string of the molecule is COc1cc(/C=C/C(=O)OC[C@H]2O[C@@H](O[C@@H]3[C@@H](O[C@@H]4O[C@H](CO)[C@@H](O)[C@H](O)[C@H]4O)[C@@H](O[C@]4(COC(=O)/C=C/c5ccc(O)cc5)O[C@H](CO)[C@@H](O)[C@@H]4OC(=O)c4ccccc4)O[C@H](COC(C)=O)[C@H]3OC(=O)/C=C/c3ccc(O[C@@H]4O[C@@H](C)[C@H](O)[C@@H](O)[C@H]4O)c(OC)c3)[C@H](O)[C@@H](O)[C@@H]2O)ccc1O. The number of aromatic hydroxyl groups is 2. The fraction of sp³-hybridized carbons (Fsp3) is 0.485. The van der Waals surface area contributed by atoms with Gasteiger partial charge in [0.25, 0.3) is 0 Å². The van der Waals surface area contributed by atoms with E-state index in [4.69, 9.17) is 75.8 Å². The first-order valence-electron chi connectivity index (χ1n) is 32.0. The first-order chi connectivity index (χ1) is 49.2. The van der Waals surface area contributed by atoms with Crippen LogP contribution < -0.4 is 14.2 Å². The van der Waals surface area contributed by atoms with Crippen LogP contribution in [0.2, 0.25) is 0 Å². The maximum atomic E-state index is 14.7. The van der Waals surface area contributed by atoms with E-state index in [0.717, 1.165) is 31.2 Å². The second-order valence-corrected chi connectivity index (χ2v) is 24.1. The van der Waals surface area contributed by atoms with Gasteiger partial charge in [-0.25, -0.2) is 19.2 Å². The fourth-order valence-electron chi connectivity index (χ4n) is 11.4. The maximum absolute atomic E-state index is 14.7.